The Morgan fingerprint density at radius 3 is 1.94 bits per heavy atom. The molecule has 0 rings (SSSR count). The second-order valence-electron chi connectivity index (χ2n) is 3.70. The van der Waals surface area contributed by atoms with E-state index in [-0.39, 0.29) is 19.5 Å². The Hall–Kier alpha value is -2.07. The zero-order valence-electron chi connectivity index (χ0n) is 9.78. The van der Waals surface area contributed by atoms with Gasteiger partial charge in [-0.1, -0.05) is 0 Å². The smallest absolute Gasteiger partial charge is 0.328 e. The number of rotatable bonds is 7. The van der Waals surface area contributed by atoms with E-state index in [1.807, 2.05) is 0 Å². The second-order valence-corrected chi connectivity index (χ2v) is 3.70. The zero-order valence-corrected chi connectivity index (χ0v) is 9.78. The molecule has 0 aromatic rings. The molecule has 104 valence electrons. The number of aliphatic carboxylic acids is 1. The van der Waals surface area contributed by atoms with Crippen LogP contribution >= 0.6 is 0 Å². The van der Waals surface area contributed by atoms with Crippen LogP contribution in [0, 0.1) is 5.92 Å². The quantitative estimate of drug-likeness (QED) is 0.200. The number of amides is 4. The van der Waals surface area contributed by atoms with Crippen LogP contribution in [0.1, 0.15) is 12.8 Å². The van der Waals surface area contributed by atoms with Gasteiger partial charge in [-0.05, 0) is 12.8 Å². The molecule has 0 spiro atoms. The number of carboxylic acid groups (broad SMARTS) is 1. The van der Waals surface area contributed by atoms with Gasteiger partial charge in [-0.25, -0.2) is 21.3 Å². The highest BCUT2D eigenvalue weighted by Gasteiger charge is 2.21. The van der Waals surface area contributed by atoms with Crippen molar-refractivity contribution in [3.63, 3.8) is 0 Å². The van der Waals surface area contributed by atoms with E-state index in [2.05, 4.69) is 0 Å². The summed E-state index contributed by atoms with van der Waals surface area (Å²) in [6.45, 7) is -0.105. The van der Waals surface area contributed by atoms with Gasteiger partial charge in [-0.15, -0.1) is 0 Å². The molecule has 0 radical (unpaired) electrons. The number of carbonyl (C=O) groups is 3. The number of urea groups is 2. The molecule has 4 amide bonds. The fourth-order valence-electron chi connectivity index (χ4n) is 1.24. The first-order valence-electron chi connectivity index (χ1n) is 5.11. The highest BCUT2D eigenvalue weighted by molar-refractivity contribution is 5.74. The van der Waals surface area contributed by atoms with Crippen molar-refractivity contribution in [1.82, 2.24) is 10.0 Å². The number of hydrazine groups is 2. The fourth-order valence-corrected chi connectivity index (χ4v) is 1.24. The number of nitrogens with two attached hydrogens (primary N) is 4. The molecule has 10 nitrogen and oxygen atoms in total. The lowest BCUT2D eigenvalue weighted by molar-refractivity contribution is -0.142. The zero-order chi connectivity index (χ0) is 14.3. The number of hydrogen-bond donors (Lipinski definition) is 5. The average molecular weight is 262 g/mol. The minimum Gasteiger partial charge on any atom is -0.481 e. The van der Waals surface area contributed by atoms with Crippen LogP contribution in [-0.2, 0) is 4.79 Å². The van der Waals surface area contributed by atoms with E-state index in [9.17, 15) is 14.4 Å². The minimum atomic E-state index is -1.12. The van der Waals surface area contributed by atoms with Gasteiger partial charge in [0.05, 0.1) is 12.5 Å². The maximum Gasteiger partial charge on any atom is 0.328 e. The molecule has 0 aliphatic heterocycles. The Balaban J connectivity index is 4.17. The maximum atomic E-state index is 10.9. The Bertz CT molecular complexity index is 323. The Labute approximate surface area is 103 Å². The van der Waals surface area contributed by atoms with E-state index in [0.717, 1.165) is 5.01 Å². The Morgan fingerprint density at radius 2 is 1.56 bits per heavy atom. The van der Waals surface area contributed by atoms with Gasteiger partial charge in [0, 0.05) is 6.54 Å². The summed E-state index contributed by atoms with van der Waals surface area (Å²) in [6.07, 6.45) is 0.486. The van der Waals surface area contributed by atoms with E-state index in [0.29, 0.717) is 11.4 Å². The van der Waals surface area contributed by atoms with Gasteiger partial charge in [-0.3, -0.25) is 14.8 Å². The number of primary amides is 2. The van der Waals surface area contributed by atoms with Gasteiger partial charge < -0.3 is 16.6 Å². The molecular formula is C8H18N6O4. The molecule has 0 heterocycles. The first-order valence-corrected chi connectivity index (χ1v) is 5.11. The molecule has 0 saturated heterocycles. The summed E-state index contributed by atoms with van der Waals surface area (Å²) in [6, 6.07) is -1.72. The first-order chi connectivity index (χ1) is 8.25. The second kappa shape index (κ2) is 7.29. The summed E-state index contributed by atoms with van der Waals surface area (Å²) in [5, 5.41) is 10.3. The minimum absolute atomic E-state index is 0.111. The topological polar surface area (TPSA) is 182 Å². The number of hydrogen-bond acceptors (Lipinski definition) is 5. The van der Waals surface area contributed by atoms with Crippen LogP contribution in [0.4, 0.5) is 9.59 Å². The lowest BCUT2D eigenvalue weighted by atomic mass is 10.0. The van der Waals surface area contributed by atoms with E-state index in [4.69, 9.17) is 28.3 Å². The van der Waals surface area contributed by atoms with Gasteiger partial charge >= 0.3 is 18.0 Å². The number of carboxylic acids is 1. The van der Waals surface area contributed by atoms with Crippen molar-refractivity contribution >= 4 is 18.0 Å². The van der Waals surface area contributed by atoms with Gasteiger partial charge in [0.1, 0.15) is 0 Å². The molecule has 1 unspecified atom stereocenters. The fraction of sp³-hybridized carbons (Fsp3) is 0.625. The van der Waals surface area contributed by atoms with Gasteiger partial charge in [0.25, 0.3) is 0 Å². The third kappa shape index (κ3) is 5.86. The van der Waals surface area contributed by atoms with Crippen molar-refractivity contribution in [2.24, 2.45) is 29.1 Å². The van der Waals surface area contributed by atoms with Crippen LogP contribution in [0.15, 0.2) is 0 Å². The van der Waals surface area contributed by atoms with E-state index < -0.39 is 23.9 Å². The van der Waals surface area contributed by atoms with Crippen molar-refractivity contribution in [1.29, 1.82) is 0 Å². The summed E-state index contributed by atoms with van der Waals surface area (Å²) < 4.78 is 0. The van der Waals surface area contributed by atoms with Crippen molar-refractivity contribution < 1.29 is 19.5 Å². The third-order valence-corrected chi connectivity index (χ3v) is 2.28. The van der Waals surface area contributed by atoms with Crippen LogP contribution in [0.3, 0.4) is 0 Å². The molecule has 0 aliphatic carbocycles. The van der Waals surface area contributed by atoms with Crippen molar-refractivity contribution in [3.05, 3.63) is 0 Å². The van der Waals surface area contributed by atoms with E-state index >= 15 is 0 Å². The molecule has 0 bridgehead atoms. The van der Waals surface area contributed by atoms with Crippen LogP contribution in [0.2, 0.25) is 0 Å². The summed E-state index contributed by atoms with van der Waals surface area (Å²) in [5.74, 6) is 8.45. The molecule has 1 atom stereocenters. The van der Waals surface area contributed by atoms with Crippen LogP contribution in [-0.4, -0.2) is 46.2 Å². The summed E-state index contributed by atoms with van der Waals surface area (Å²) in [5.41, 5.74) is 9.77. The van der Waals surface area contributed by atoms with Crippen molar-refractivity contribution in [2.45, 2.75) is 12.8 Å². The molecule has 9 N–H and O–H groups in total. The number of carbonyl (C=O) groups excluding carboxylic acids is 2. The first kappa shape index (κ1) is 15.9. The number of nitrogens with zero attached hydrogens (tertiary/aromatic N) is 2. The van der Waals surface area contributed by atoms with Crippen molar-refractivity contribution in [3.8, 4) is 0 Å². The molecule has 0 aromatic carbocycles. The summed E-state index contributed by atoms with van der Waals surface area (Å²) in [7, 11) is 0. The lowest BCUT2D eigenvalue weighted by Gasteiger charge is -2.20. The normalized spacial score (nSPS) is 11.7. The molecule has 0 fully saturated rings. The summed E-state index contributed by atoms with van der Waals surface area (Å²) >= 11 is 0. The average Bonchev–Trinajstić information content (AvgIpc) is 2.26. The van der Waals surface area contributed by atoms with Gasteiger partial charge in [-0.2, -0.15) is 0 Å². The molecule has 18 heavy (non-hydrogen) atoms. The highest BCUT2D eigenvalue weighted by Crippen LogP contribution is 2.08. The van der Waals surface area contributed by atoms with E-state index in [1.54, 1.807) is 0 Å². The SMILES string of the molecule is NC(=O)N(N)CCCC(CN(N)C(N)=O)C(=O)O. The molecule has 0 saturated carbocycles. The standard InChI is InChI=1S/C8H18N6O4/c9-7(17)13(11)3-1-2-5(6(15)16)4-14(12)8(10)18/h5H,1-4,11-12H2,(H2,9,17)(H2,10,18)(H,15,16). The predicted molar refractivity (Wildman–Crippen MR) is 61.3 cm³/mol. The Kier molecular flexibility index (Phi) is 6.45. The van der Waals surface area contributed by atoms with Crippen LogP contribution in [0.25, 0.3) is 0 Å². The Morgan fingerprint density at radius 1 is 1.06 bits per heavy atom. The predicted octanol–water partition coefficient (Wildman–Crippen LogP) is -2.02. The van der Waals surface area contributed by atoms with Gasteiger partial charge in [0.2, 0.25) is 0 Å². The largest absolute Gasteiger partial charge is 0.481 e. The van der Waals surface area contributed by atoms with Crippen LogP contribution in [0.5, 0.6) is 0 Å². The third-order valence-electron chi connectivity index (χ3n) is 2.28. The molecular weight excluding hydrogens is 244 g/mol. The molecule has 10 heteroatoms. The monoisotopic (exact) mass is 262 g/mol. The highest BCUT2D eigenvalue weighted by atomic mass is 16.4. The van der Waals surface area contributed by atoms with Crippen LogP contribution < -0.4 is 23.2 Å². The van der Waals surface area contributed by atoms with E-state index in [1.165, 1.54) is 0 Å². The lowest BCUT2D eigenvalue weighted by Crippen LogP contribution is -2.46. The summed E-state index contributed by atoms with van der Waals surface area (Å²) in [4.78, 5) is 32.2. The molecule has 0 aliphatic rings. The maximum absolute atomic E-state index is 10.9. The molecule has 0 aromatic heterocycles. The van der Waals surface area contributed by atoms with Gasteiger partial charge in [0.15, 0.2) is 0 Å². The van der Waals surface area contributed by atoms with Crippen molar-refractivity contribution in [2.75, 3.05) is 13.1 Å².